The van der Waals surface area contributed by atoms with Gasteiger partial charge in [-0.25, -0.2) is 0 Å². The maximum Gasteiger partial charge on any atom is 0.240 e. The third-order valence-electron chi connectivity index (χ3n) is 3.46. The summed E-state index contributed by atoms with van der Waals surface area (Å²) in [6.45, 7) is 9.92. The number of nitrogens with one attached hydrogen (secondary N) is 1. The van der Waals surface area contributed by atoms with Crippen LogP contribution in [0, 0.1) is 37.5 Å². The van der Waals surface area contributed by atoms with Gasteiger partial charge in [-0.3, -0.25) is 4.79 Å². The zero-order valence-corrected chi connectivity index (χ0v) is 11.7. The Morgan fingerprint density at radius 1 is 1.28 bits per heavy atom. The molecule has 0 aliphatic carbocycles. The molecule has 1 rings (SSSR count). The first-order valence-corrected chi connectivity index (χ1v) is 6.05. The average Bonchev–Trinajstić information content (AvgIpc) is 2.34. The van der Waals surface area contributed by atoms with E-state index in [1.54, 1.807) is 13.8 Å². The van der Waals surface area contributed by atoms with Gasteiger partial charge in [-0.05, 0) is 56.9 Å². The minimum Gasteiger partial charge on any atom is -0.351 e. The van der Waals surface area contributed by atoms with E-state index in [4.69, 9.17) is 5.26 Å². The Balaban J connectivity index is 2.80. The third kappa shape index (κ3) is 2.89. The molecule has 3 nitrogen and oxygen atoms in total. The Kier molecular flexibility index (Phi) is 4.13. The number of benzene rings is 1. The number of hydrogen-bond acceptors (Lipinski definition) is 2. The number of nitriles is 1. The fourth-order valence-corrected chi connectivity index (χ4v) is 1.65. The third-order valence-corrected chi connectivity index (χ3v) is 3.46. The highest BCUT2D eigenvalue weighted by Crippen LogP contribution is 2.18. The molecule has 0 spiro atoms. The van der Waals surface area contributed by atoms with E-state index >= 15 is 0 Å². The maximum absolute atomic E-state index is 11.8. The summed E-state index contributed by atoms with van der Waals surface area (Å²) in [5, 5.41) is 11.7. The Hall–Kier alpha value is -1.82. The molecule has 1 aromatic rings. The molecule has 1 aromatic carbocycles. The van der Waals surface area contributed by atoms with Crippen LogP contribution in [0.5, 0.6) is 0 Å². The number of hydrogen-bond donors (Lipinski definition) is 1. The standard InChI is InChI=1S/C15H20N2O/c1-10-6-7-13(12(3)11(10)2)8-17-14(18)15(4,5)9-16/h6-7H,8H2,1-5H3,(H,17,18). The van der Waals surface area contributed by atoms with Crippen LogP contribution >= 0.6 is 0 Å². The molecule has 0 radical (unpaired) electrons. The first-order chi connectivity index (χ1) is 8.29. The fraction of sp³-hybridized carbons (Fsp3) is 0.467. The zero-order valence-electron chi connectivity index (χ0n) is 11.7. The van der Waals surface area contributed by atoms with Crippen LogP contribution in [-0.2, 0) is 11.3 Å². The maximum atomic E-state index is 11.8. The molecule has 96 valence electrons. The molecule has 1 N–H and O–H groups in total. The van der Waals surface area contributed by atoms with Crippen molar-refractivity contribution in [2.24, 2.45) is 5.41 Å². The van der Waals surface area contributed by atoms with Gasteiger partial charge in [0.15, 0.2) is 0 Å². The van der Waals surface area contributed by atoms with Crippen molar-refractivity contribution in [3.05, 3.63) is 34.4 Å². The second kappa shape index (κ2) is 5.22. The number of nitrogens with zero attached hydrogens (tertiary/aromatic N) is 1. The molecule has 3 heteroatoms. The molecule has 0 atom stereocenters. The van der Waals surface area contributed by atoms with E-state index < -0.39 is 5.41 Å². The Labute approximate surface area is 109 Å². The summed E-state index contributed by atoms with van der Waals surface area (Å²) >= 11 is 0. The molecule has 0 fully saturated rings. The van der Waals surface area contributed by atoms with Crippen molar-refractivity contribution in [1.29, 1.82) is 5.26 Å². The molecule has 0 aliphatic heterocycles. The number of amides is 1. The van der Waals surface area contributed by atoms with Crippen LogP contribution in [0.2, 0.25) is 0 Å². The normalized spacial score (nSPS) is 10.9. The van der Waals surface area contributed by atoms with Gasteiger partial charge in [-0.1, -0.05) is 12.1 Å². The molecule has 0 aromatic heterocycles. The molecule has 0 heterocycles. The van der Waals surface area contributed by atoms with Gasteiger partial charge in [-0.15, -0.1) is 0 Å². The summed E-state index contributed by atoms with van der Waals surface area (Å²) < 4.78 is 0. The first-order valence-electron chi connectivity index (χ1n) is 6.05. The van der Waals surface area contributed by atoms with Crippen LogP contribution in [-0.4, -0.2) is 5.91 Å². The van der Waals surface area contributed by atoms with E-state index in [1.165, 1.54) is 16.7 Å². The fourth-order valence-electron chi connectivity index (χ4n) is 1.65. The van der Waals surface area contributed by atoms with E-state index in [0.717, 1.165) is 5.56 Å². The highest BCUT2D eigenvalue weighted by atomic mass is 16.2. The summed E-state index contributed by atoms with van der Waals surface area (Å²) in [6, 6.07) is 6.08. The number of carbonyl (C=O) groups excluding carboxylic acids is 1. The van der Waals surface area contributed by atoms with Crippen molar-refractivity contribution in [3.8, 4) is 6.07 Å². The predicted octanol–water partition coefficient (Wildman–Crippen LogP) is 2.78. The highest BCUT2D eigenvalue weighted by Gasteiger charge is 2.26. The van der Waals surface area contributed by atoms with Crippen molar-refractivity contribution in [1.82, 2.24) is 5.32 Å². The van der Waals surface area contributed by atoms with Crippen molar-refractivity contribution in [3.63, 3.8) is 0 Å². The van der Waals surface area contributed by atoms with Gasteiger partial charge in [-0.2, -0.15) is 5.26 Å². The van der Waals surface area contributed by atoms with E-state index in [0.29, 0.717) is 6.54 Å². The van der Waals surface area contributed by atoms with Gasteiger partial charge in [0.05, 0.1) is 6.07 Å². The van der Waals surface area contributed by atoms with E-state index in [1.807, 2.05) is 12.1 Å². The van der Waals surface area contributed by atoms with Gasteiger partial charge in [0.1, 0.15) is 5.41 Å². The second-order valence-electron chi connectivity index (χ2n) is 5.21. The van der Waals surface area contributed by atoms with Crippen molar-refractivity contribution in [2.75, 3.05) is 0 Å². The molecule has 1 amide bonds. The molecule has 18 heavy (non-hydrogen) atoms. The zero-order chi connectivity index (χ0) is 13.9. The average molecular weight is 244 g/mol. The Bertz CT molecular complexity index is 510. The van der Waals surface area contributed by atoms with Crippen LogP contribution in [0.4, 0.5) is 0 Å². The lowest BCUT2D eigenvalue weighted by Gasteiger charge is -2.17. The van der Waals surface area contributed by atoms with Crippen molar-refractivity contribution >= 4 is 5.91 Å². The summed E-state index contributed by atoms with van der Waals surface area (Å²) in [5.74, 6) is -0.234. The summed E-state index contributed by atoms with van der Waals surface area (Å²) in [4.78, 5) is 11.8. The number of rotatable bonds is 3. The smallest absolute Gasteiger partial charge is 0.240 e. The Morgan fingerprint density at radius 3 is 2.44 bits per heavy atom. The van der Waals surface area contributed by atoms with Gasteiger partial charge in [0, 0.05) is 6.54 Å². The minimum absolute atomic E-state index is 0.234. The van der Waals surface area contributed by atoms with Crippen molar-refractivity contribution in [2.45, 2.75) is 41.2 Å². The van der Waals surface area contributed by atoms with Gasteiger partial charge >= 0.3 is 0 Å². The lowest BCUT2D eigenvalue weighted by Crippen LogP contribution is -2.35. The van der Waals surface area contributed by atoms with E-state index in [2.05, 4.69) is 32.2 Å². The number of carbonyl (C=O) groups is 1. The van der Waals surface area contributed by atoms with Gasteiger partial charge in [0.2, 0.25) is 5.91 Å². The summed E-state index contributed by atoms with van der Waals surface area (Å²) in [6.07, 6.45) is 0. The van der Waals surface area contributed by atoms with E-state index in [9.17, 15) is 4.79 Å². The van der Waals surface area contributed by atoms with Crippen LogP contribution in [0.1, 0.15) is 36.1 Å². The largest absolute Gasteiger partial charge is 0.351 e. The van der Waals surface area contributed by atoms with Crippen molar-refractivity contribution < 1.29 is 4.79 Å². The molecule has 0 aliphatic rings. The van der Waals surface area contributed by atoms with Gasteiger partial charge < -0.3 is 5.32 Å². The Morgan fingerprint density at radius 2 is 1.89 bits per heavy atom. The minimum atomic E-state index is -0.979. The molecule has 0 saturated carbocycles. The SMILES string of the molecule is Cc1ccc(CNC(=O)C(C)(C)C#N)c(C)c1C. The summed E-state index contributed by atoms with van der Waals surface area (Å²) in [5.41, 5.74) is 3.82. The molecular weight excluding hydrogens is 224 g/mol. The van der Waals surface area contributed by atoms with Crippen LogP contribution in [0.3, 0.4) is 0 Å². The highest BCUT2D eigenvalue weighted by molar-refractivity contribution is 5.84. The quantitative estimate of drug-likeness (QED) is 0.888. The second-order valence-corrected chi connectivity index (χ2v) is 5.21. The van der Waals surface area contributed by atoms with Crippen LogP contribution in [0.15, 0.2) is 12.1 Å². The molecule has 0 unspecified atom stereocenters. The predicted molar refractivity (Wildman–Crippen MR) is 71.9 cm³/mol. The van der Waals surface area contributed by atoms with Gasteiger partial charge in [0.25, 0.3) is 0 Å². The molecular formula is C15H20N2O. The lowest BCUT2D eigenvalue weighted by molar-refractivity contribution is -0.126. The molecule has 0 saturated heterocycles. The number of aryl methyl sites for hydroxylation is 1. The topological polar surface area (TPSA) is 52.9 Å². The lowest BCUT2D eigenvalue weighted by atomic mass is 9.94. The monoisotopic (exact) mass is 244 g/mol. The molecule has 0 bridgehead atoms. The first kappa shape index (κ1) is 14.2. The van der Waals surface area contributed by atoms with E-state index in [-0.39, 0.29) is 5.91 Å². The summed E-state index contributed by atoms with van der Waals surface area (Å²) in [7, 11) is 0. The van der Waals surface area contributed by atoms with Crippen LogP contribution < -0.4 is 5.32 Å². The van der Waals surface area contributed by atoms with Crippen LogP contribution in [0.25, 0.3) is 0 Å².